The summed E-state index contributed by atoms with van der Waals surface area (Å²) >= 11 is 3.61. The molecule has 0 heterocycles. The van der Waals surface area contributed by atoms with Gasteiger partial charge >= 0.3 is 0 Å². The summed E-state index contributed by atoms with van der Waals surface area (Å²) in [6.07, 6.45) is 0. The lowest BCUT2D eigenvalue weighted by Crippen LogP contribution is -2.15. The van der Waals surface area contributed by atoms with Crippen molar-refractivity contribution in [3.8, 4) is 11.1 Å². The van der Waals surface area contributed by atoms with E-state index in [4.69, 9.17) is 0 Å². The molecule has 1 aliphatic rings. The van der Waals surface area contributed by atoms with Crippen LogP contribution < -0.4 is 0 Å². The molecule has 0 unspecified atom stereocenters. The third-order valence-electron chi connectivity index (χ3n) is 4.50. The van der Waals surface area contributed by atoms with Crippen LogP contribution in [0.4, 0.5) is 0 Å². The van der Waals surface area contributed by atoms with E-state index < -0.39 is 0 Å². The van der Waals surface area contributed by atoms with Gasteiger partial charge < -0.3 is 0 Å². The van der Waals surface area contributed by atoms with Crippen LogP contribution in [0.2, 0.25) is 0 Å². The summed E-state index contributed by atoms with van der Waals surface area (Å²) in [5.74, 6) is 0. The van der Waals surface area contributed by atoms with E-state index >= 15 is 0 Å². The Labute approximate surface area is 127 Å². The summed E-state index contributed by atoms with van der Waals surface area (Å²) in [7, 11) is 0. The maximum absolute atomic E-state index is 3.61. The lowest BCUT2D eigenvalue weighted by molar-refractivity contribution is 0.666. The number of hydrogen-bond acceptors (Lipinski definition) is 0. The van der Waals surface area contributed by atoms with Crippen molar-refractivity contribution in [3.63, 3.8) is 0 Å². The van der Waals surface area contributed by atoms with Crippen LogP contribution in [0, 0.1) is 0 Å². The minimum Gasteiger partial charge on any atom is -0.0619 e. The highest BCUT2D eigenvalue weighted by Gasteiger charge is 2.36. The second kappa shape index (κ2) is 3.95. The predicted molar refractivity (Wildman–Crippen MR) is 89.2 cm³/mol. The highest BCUT2D eigenvalue weighted by atomic mass is 79.9. The third-order valence-corrected chi connectivity index (χ3v) is 4.99. The SMILES string of the molecule is CC1(C)c2ccccc2-c2ccc3ccc(Br)cc3c21. The molecule has 0 nitrogen and oxygen atoms in total. The summed E-state index contributed by atoms with van der Waals surface area (Å²) in [6.45, 7) is 4.66. The topological polar surface area (TPSA) is 0 Å². The van der Waals surface area contributed by atoms with Crippen molar-refractivity contribution < 1.29 is 0 Å². The van der Waals surface area contributed by atoms with Gasteiger partial charge in [-0.1, -0.05) is 72.2 Å². The molecule has 3 aromatic carbocycles. The van der Waals surface area contributed by atoms with E-state index in [0.717, 1.165) is 4.47 Å². The average Bonchev–Trinajstić information content (AvgIpc) is 2.68. The molecule has 3 aromatic rings. The molecule has 4 rings (SSSR count). The van der Waals surface area contributed by atoms with Crippen LogP contribution in [0.5, 0.6) is 0 Å². The van der Waals surface area contributed by atoms with Gasteiger partial charge in [0, 0.05) is 9.89 Å². The van der Waals surface area contributed by atoms with E-state index in [1.165, 1.54) is 33.0 Å². The zero-order valence-corrected chi connectivity index (χ0v) is 13.2. The van der Waals surface area contributed by atoms with Gasteiger partial charge in [0.05, 0.1) is 0 Å². The van der Waals surface area contributed by atoms with E-state index in [2.05, 4.69) is 84.4 Å². The van der Waals surface area contributed by atoms with Gasteiger partial charge in [0.1, 0.15) is 0 Å². The number of benzene rings is 3. The molecule has 0 aromatic heterocycles. The van der Waals surface area contributed by atoms with Crippen LogP contribution in [0.15, 0.2) is 59.1 Å². The fourth-order valence-corrected chi connectivity index (χ4v) is 3.95. The molecule has 0 bridgehead atoms. The first kappa shape index (κ1) is 12.2. The Kier molecular flexibility index (Phi) is 2.41. The maximum atomic E-state index is 3.61. The molecule has 0 saturated carbocycles. The normalized spacial score (nSPS) is 15.2. The highest BCUT2D eigenvalue weighted by Crippen LogP contribution is 2.51. The number of hydrogen-bond donors (Lipinski definition) is 0. The predicted octanol–water partition coefficient (Wildman–Crippen LogP) is 5.91. The molecule has 0 aliphatic heterocycles. The van der Waals surface area contributed by atoms with Gasteiger partial charge in [0.15, 0.2) is 0 Å². The molecular formula is C19H15Br. The van der Waals surface area contributed by atoms with E-state index in [1.807, 2.05) is 0 Å². The molecule has 0 atom stereocenters. The van der Waals surface area contributed by atoms with Crippen LogP contribution in [-0.4, -0.2) is 0 Å². The maximum Gasteiger partial charge on any atom is 0.0181 e. The molecule has 0 radical (unpaired) electrons. The van der Waals surface area contributed by atoms with Crippen LogP contribution in [-0.2, 0) is 5.41 Å². The van der Waals surface area contributed by atoms with Crippen LogP contribution in [0.1, 0.15) is 25.0 Å². The molecule has 1 heteroatoms. The van der Waals surface area contributed by atoms with Gasteiger partial charge in [-0.15, -0.1) is 0 Å². The minimum atomic E-state index is 0.0617. The molecule has 0 amide bonds. The summed E-state index contributed by atoms with van der Waals surface area (Å²) < 4.78 is 1.14. The van der Waals surface area contributed by atoms with E-state index in [-0.39, 0.29) is 5.41 Å². The van der Waals surface area contributed by atoms with Gasteiger partial charge in [-0.2, -0.15) is 0 Å². The summed E-state index contributed by atoms with van der Waals surface area (Å²) in [6, 6.07) is 19.9. The first-order valence-electron chi connectivity index (χ1n) is 6.92. The Hall–Kier alpha value is -1.60. The summed E-state index contributed by atoms with van der Waals surface area (Å²) in [5, 5.41) is 2.67. The Balaban J connectivity index is 2.19. The Morgan fingerprint density at radius 2 is 1.60 bits per heavy atom. The lowest BCUT2D eigenvalue weighted by Gasteiger charge is -2.23. The monoisotopic (exact) mass is 322 g/mol. The van der Waals surface area contributed by atoms with Crippen molar-refractivity contribution in [2.75, 3.05) is 0 Å². The molecule has 0 spiro atoms. The lowest BCUT2D eigenvalue weighted by atomic mass is 9.80. The molecule has 0 saturated heterocycles. The quantitative estimate of drug-likeness (QED) is 0.482. The van der Waals surface area contributed by atoms with Crippen molar-refractivity contribution in [3.05, 3.63) is 70.2 Å². The van der Waals surface area contributed by atoms with Gasteiger partial charge in [-0.25, -0.2) is 0 Å². The number of rotatable bonds is 0. The minimum absolute atomic E-state index is 0.0617. The molecule has 0 N–H and O–H groups in total. The highest BCUT2D eigenvalue weighted by molar-refractivity contribution is 9.10. The molecular weight excluding hydrogens is 308 g/mol. The summed E-state index contributed by atoms with van der Waals surface area (Å²) in [4.78, 5) is 0. The van der Waals surface area contributed by atoms with Crippen molar-refractivity contribution in [1.29, 1.82) is 0 Å². The molecule has 98 valence electrons. The summed E-state index contributed by atoms with van der Waals surface area (Å²) in [5.41, 5.74) is 5.72. The van der Waals surface area contributed by atoms with E-state index in [1.54, 1.807) is 0 Å². The largest absolute Gasteiger partial charge is 0.0619 e. The third kappa shape index (κ3) is 1.47. The van der Waals surface area contributed by atoms with Crippen LogP contribution in [0.3, 0.4) is 0 Å². The zero-order chi connectivity index (χ0) is 13.9. The van der Waals surface area contributed by atoms with Crippen molar-refractivity contribution in [2.24, 2.45) is 0 Å². The standard InChI is InChI=1S/C19H15Br/c1-19(2)17-6-4-3-5-14(17)15-10-8-12-7-9-13(20)11-16(12)18(15)19/h3-11H,1-2H3. The first-order valence-corrected chi connectivity index (χ1v) is 7.71. The Morgan fingerprint density at radius 1 is 0.850 bits per heavy atom. The number of fused-ring (bicyclic) bond motifs is 5. The Bertz CT molecular complexity index is 844. The van der Waals surface area contributed by atoms with E-state index in [0.29, 0.717) is 0 Å². The average molecular weight is 323 g/mol. The van der Waals surface area contributed by atoms with Crippen LogP contribution >= 0.6 is 15.9 Å². The molecule has 1 aliphatic carbocycles. The molecule has 0 fully saturated rings. The van der Waals surface area contributed by atoms with Crippen molar-refractivity contribution in [2.45, 2.75) is 19.3 Å². The van der Waals surface area contributed by atoms with Gasteiger partial charge in [0.2, 0.25) is 0 Å². The fraction of sp³-hybridized carbons (Fsp3) is 0.158. The van der Waals surface area contributed by atoms with Crippen molar-refractivity contribution >= 4 is 26.7 Å². The first-order chi connectivity index (χ1) is 9.59. The van der Waals surface area contributed by atoms with Crippen molar-refractivity contribution in [1.82, 2.24) is 0 Å². The fourth-order valence-electron chi connectivity index (χ4n) is 3.59. The second-order valence-corrected chi connectivity index (χ2v) is 6.94. The van der Waals surface area contributed by atoms with Gasteiger partial charge in [-0.3, -0.25) is 0 Å². The zero-order valence-electron chi connectivity index (χ0n) is 11.6. The second-order valence-electron chi connectivity index (χ2n) is 6.02. The van der Waals surface area contributed by atoms with Crippen LogP contribution in [0.25, 0.3) is 21.9 Å². The van der Waals surface area contributed by atoms with Gasteiger partial charge in [-0.05, 0) is 45.2 Å². The number of halogens is 1. The molecule has 20 heavy (non-hydrogen) atoms. The van der Waals surface area contributed by atoms with Gasteiger partial charge in [0.25, 0.3) is 0 Å². The smallest absolute Gasteiger partial charge is 0.0181 e. The Morgan fingerprint density at radius 3 is 2.45 bits per heavy atom. The van der Waals surface area contributed by atoms with E-state index in [9.17, 15) is 0 Å².